The molecule has 0 aliphatic carbocycles. The normalized spacial score (nSPS) is 14.2. The predicted molar refractivity (Wildman–Crippen MR) is 87.2 cm³/mol. The van der Waals surface area contributed by atoms with Crippen LogP contribution in [0.5, 0.6) is 0 Å². The van der Waals surface area contributed by atoms with E-state index < -0.39 is 0 Å². The second kappa shape index (κ2) is 9.95. The van der Waals surface area contributed by atoms with Gasteiger partial charge in [-0.3, -0.25) is 0 Å². The Kier molecular flexibility index (Phi) is 8.56. The SMILES string of the molecule is CCC(C)CC(CNCCOC)Cc1ccc(C)cc1. The molecule has 0 bridgehead atoms. The topological polar surface area (TPSA) is 21.3 Å². The van der Waals surface area contributed by atoms with Gasteiger partial charge >= 0.3 is 0 Å². The summed E-state index contributed by atoms with van der Waals surface area (Å²) in [6, 6.07) is 8.98. The highest BCUT2D eigenvalue weighted by Gasteiger charge is 2.13. The van der Waals surface area contributed by atoms with Gasteiger partial charge in [0.1, 0.15) is 0 Å². The fourth-order valence-corrected chi connectivity index (χ4v) is 2.51. The number of rotatable bonds is 10. The number of methoxy groups -OCH3 is 1. The van der Waals surface area contributed by atoms with Crippen LogP contribution in [0.3, 0.4) is 0 Å². The van der Waals surface area contributed by atoms with Gasteiger partial charge in [0.15, 0.2) is 0 Å². The second-order valence-corrected chi connectivity index (χ2v) is 6.00. The first-order chi connectivity index (χ1) is 9.65. The van der Waals surface area contributed by atoms with Crippen LogP contribution in [0.15, 0.2) is 24.3 Å². The molecule has 0 aliphatic heterocycles. The van der Waals surface area contributed by atoms with Gasteiger partial charge in [-0.15, -0.1) is 0 Å². The third-order valence-electron chi connectivity index (χ3n) is 3.99. The lowest BCUT2D eigenvalue weighted by atomic mass is 9.89. The average molecular weight is 277 g/mol. The van der Waals surface area contributed by atoms with Crippen molar-refractivity contribution in [1.29, 1.82) is 0 Å². The van der Waals surface area contributed by atoms with E-state index in [1.807, 2.05) is 0 Å². The van der Waals surface area contributed by atoms with E-state index in [1.54, 1.807) is 7.11 Å². The molecule has 0 saturated carbocycles. The highest BCUT2D eigenvalue weighted by Crippen LogP contribution is 2.19. The van der Waals surface area contributed by atoms with E-state index in [0.717, 1.165) is 25.6 Å². The molecule has 1 aromatic carbocycles. The first kappa shape index (κ1) is 17.2. The summed E-state index contributed by atoms with van der Waals surface area (Å²) in [6.07, 6.45) is 3.73. The van der Waals surface area contributed by atoms with Crippen LogP contribution in [0.25, 0.3) is 0 Å². The molecule has 2 unspecified atom stereocenters. The van der Waals surface area contributed by atoms with Crippen molar-refractivity contribution in [2.45, 2.75) is 40.0 Å². The van der Waals surface area contributed by atoms with Crippen molar-refractivity contribution < 1.29 is 4.74 Å². The molecule has 114 valence electrons. The summed E-state index contributed by atoms with van der Waals surface area (Å²) in [7, 11) is 1.75. The van der Waals surface area contributed by atoms with Gasteiger partial charge in [-0.1, -0.05) is 50.1 Å². The quantitative estimate of drug-likeness (QED) is 0.656. The molecule has 2 heteroatoms. The van der Waals surface area contributed by atoms with Crippen molar-refractivity contribution in [3.8, 4) is 0 Å². The van der Waals surface area contributed by atoms with Gasteiger partial charge < -0.3 is 10.1 Å². The van der Waals surface area contributed by atoms with E-state index >= 15 is 0 Å². The summed E-state index contributed by atoms with van der Waals surface area (Å²) < 4.78 is 5.09. The molecule has 2 atom stereocenters. The van der Waals surface area contributed by atoms with Crippen LogP contribution in [-0.4, -0.2) is 26.8 Å². The van der Waals surface area contributed by atoms with Crippen LogP contribution in [0.4, 0.5) is 0 Å². The number of aryl methyl sites for hydroxylation is 1. The number of hydrogen-bond donors (Lipinski definition) is 1. The molecule has 0 aromatic heterocycles. The van der Waals surface area contributed by atoms with Gasteiger partial charge in [0, 0.05) is 13.7 Å². The van der Waals surface area contributed by atoms with Crippen molar-refractivity contribution in [2.75, 3.05) is 26.8 Å². The molecule has 0 amide bonds. The Labute approximate surface area is 124 Å². The summed E-state index contributed by atoms with van der Waals surface area (Å²) in [4.78, 5) is 0. The Bertz CT molecular complexity index is 347. The maximum Gasteiger partial charge on any atom is 0.0587 e. The van der Waals surface area contributed by atoms with E-state index in [1.165, 1.54) is 30.4 Å². The van der Waals surface area contributed by atoms with E-state index in [4.69, 9.17) is 4.74 Å². The molecule has 1 aromatic rings. The van der Waals surface area contributed by atoms with E-state index in [9.17, 15) is 0 Å². The number of hydrogen-bond acceptors (Lipinski definition) is 2. The molecule has 0 heterocycles. The molecule has 2 nitrogen and oxygen atoms in total. The van der Waals surface area contributed by atoms with Crippen LogP contribution in [0.1, 0.15) is 37.8 Å². The van der Waals surface area contributed by atoms with Crippen molar-refractivity contribution in [3.05, 3.63) is 35.4 Å². The van der Waals surface area contributed by atoms with E-state index in [2.05, 4.69) is 50.4 Å². The van der Waals surface area contributed by atoms with Crippen LogP contribution < -0.4 is 5.32 Å². The lowest BCUT2D eigenvalue weighted by Gasteiger charge is -2.21. The zero-order chi connectivity index (χ0) is 14.8. The van der Waals surface area contributed by atoms with Crippen molar-refractivity contribution in [2.24, 2.45) is 11.8 Å². The number of ether oxygens (including phenoxy) is 1. The molecule has 0 spiro atoms. The zero-order valence-electron chi connectivity index (χ0n) is 13.6. The second-order valence-electron chi connectivity index (χ2n) is 6.00. The van der Waals surface area contributed by atoms with Gasteiger partial charge in [0.25, 0.3) is 0 Å². The fraction of sp³-hybridized carbons (Fsp3) is 0.667. The van der Waals surface area contributed by atoms with Crippen LogP contribution in [0.2, 0.25) is 0 Å². The van der Waals surface area contributed by atoms with Crippen molar-refractivity contribution >= 4 is 0 Å². The molecule has 1 rings (SSSR count). The summed E-state index contributed by atoms with van der Waals surface area (Å²) >= 11 is 0. The van der Waals surface area contributed by atoms with Crippen molar-refractivity contribution in [1.82, 2.24) is 5.32 Å². The smallest absolute Gasteiger partial charge is 0.0587 e. The first-order valence-electron chi connectivity index (χ1n) is 7.90. The third kappa shape index (κ3) is 7.06. The van der Waals surface area contributed by atoms with Gasteiger partial charge in [-0.25, -0.2) is 0 Å². The molecule has 0 aliphatic rings. The maximum atomic E-state index is 5.09. The average Bonchev–Trinajstić information content (AvgIpc) is 2.45. The standard InChI is InChI=1S/C18H31NO/c1-5-15(2)12-18(14-19-10-11-20-4)13-17-8-6-16(3)7-9-17/h6-9,15,18-19H,5,10-14H2,1-4H3. The minimum atomic E-state index is 0.713. The summed E-state index contributed by atoms with van der Waals surface area (Å²) in [5.41, 5.74) is 2.79. The van der Waals surface area contributed by atoms with Gasteiger partial charge in [0.2, 0.25) is 0 Å². The van der Waals surface area contributed by atoms with Gasteiger partial charge in [0.05, 0.1) is 6.61 Å². The molecule has 20 heavy (non-hydrogen) atoms. The first-order valence-corrected chi connectivity index (χ1v) is 7.90. The lowest BCUT2D eigenvalue weighted by Crippen LogP contribution is -2.28. The highest BCUT2D eigenvalue weighted by atomic mass is 16.5. The Balaban J connectivity index is 2.49. The molecular weight excluding hydrogens is 246 g/mol. The monoisotopic (exact) mass is 277 g/mol. The van der Waals surface area contributed by atoms with Crippen LogP contribution >= 0.6 is 0 Å². The Morgan fingerprint density at radius 2 is 1.90 bits per heavy atom. The number of nitrogens with one attached hydrogen (secondary N) is 1. The van der Waals surface area contributed by atoms with E-state index in [-0.39, 0.29) is 0 Å². The molecule has 0 fully saturated rings. The maximum absolute atomic E-state index is 5.09. The summed E-state index contributed by atoms with van der Waals surface area (Å²) in [5.74, 6) is 1.51. The van der Waals surface area contributed by atoms with Crippen LogP contribution in [-0.2, 0) is 11.2 Å². The molecular formula is C18H31NO. The van der Waals surface area contributed by atoms with Gasteiger partial charge in [-0.2, -0.15) is 0 Å². The van der Waals surface area contributed by atoms with Gasteiger partial charge in [-0.05, 0) is 43.7 Å². The largest absolute Gasteiger partial charge is 0.383 e. The number of benzene rings is 1. The summed E-state index contributed by atoms with van der Waals surface area (Å²) in [6.45, 7) is 9.61. The predicted octanol–water partition coefficient (Wildman–Crippen LogP) is 3.83. The molecule has 0 saturated heterocycles. The summed E-state index contributed by atoms with van der Waals surface area (Å²) in [5, 5.41) is 3.52. The van der Waals surface area contributed by atoms with Crippen LogP contribution in [0, 0.1) is 18.8 Å². The zero-order valence-corrected chi connectivity index (χ0v) is 13.6. The molecule has 0 radical (unpaired) electrons. The Morgan fingerprint density at radius 1 is 1.20 bits per heavy atom. The highest BCUT2D eigenvalue weighted by molar-refractivity contribution is 5.21. The Morgan fingerprint density at radius 3 is 2.50 bits per heavy atom. The fourth-order valence-electron chi connectivity index (χ4n) is 2.51. The minimum Gasteiger partial charge on any atom is -0.383 e. The Hall–Kier alpha value is -0.860. The van der Waals surface area contributed by atoms with E-state index in [0.29, 0.717) is 5.92 Å². The molecule has 1 N–H and O–H groups in total. The lowest BCUT2D eigenvalue weighted by molar-refractivity contribution is 0.196. The minimum absolute atomic E-state index is 0.713. The van der Waals surface area contributed by atoms with Crippen molar-refractivity contribution in [3.63, 3.8) is 0 Å². The third-order valence-corrected chi connectivity index (χ3v) is 3.99.